The number of aryl methyl sites for hydroxylation is 1. The summed E-state index contributed by atoms with van der Waals surface area (Å²) in [5.41, 5.74) is 1.55. The largest absolute Gasteiger partial charge is 0.340 e. The maximum Gasteiger partial charge on any atom is 0.261 e. The smallest absolute Gasteiger partial charge is 0.261 e. The zero-order valence-corrected chi connectivity index (χ0v) is 17.1. The van der Waals surface area contributed by atoms with Gasteiger partial charge in [0.1, 0.15) is 0 Å². The Morgan fingerprint density at radius 2 is 1.93 bits per heavy atom. The highest BCUT2D eigenvalue weighted by molar-refractivity contribution is 7.98. The van der Waals surface area contributed by atoms with Crippen LogP contribution >= 0.6 is 23.1 Å². The molecule has 8 heteroatoms. The van der Waals surface area contributed by atoms with Crippen molar-refractivity contribution in [3.63, 3.8) is 0 Å². The van der Waals surface area contributed by atoms with E-state index >= 15 is 0 Å². The van der Waals surface area contributed by atoms with Crippen molar-refractivity contribution in [2.45, 2.75) is 24.5 Å². The van der Waals surface area contributed by atoms with E-state index < -0.39 is 0 Å². The molecule has 4 aromatic rings. The Bertz CT molecular complexity index is 1090. The number of amides is 1. The first kappa shape index (κ1) is 18.6. The molecular formula is C20H18N4O2S2. The van der Waals surface area contributed by atoms with Crippen molar-refractivity contribution in [1.29, 1.82) is 0 Å². The van der Waals surface area contributed by atoms with E-state index in [1.54, 1.807) is 11.8 Å². The van der Waals surface area contributed by atoms with Gasteiger partial charge in [-0.15, -0.1) is 11.8 Å². The van der Waals surface area contributed by atoms with E-state index in [9.17, 15) is 4.79 Å². The molecule has 142 valence electrons. The highest BCUT2D eigenvalue weighted by Crippen LogP contribution is 2.32. The van der Waals surface area contributed by atoms with Crippen LogP contribution in [0.15, 0.2) is 57.9 Å². The molecule has 0 N–H and O–H groups in total. The van der Waals surface area contributed by atoms with Crippen molar-refractivity contribution in [2.75, 3.05) is 11.4 Å². The number of carbonyl (C=O) groups excluding carboxylic acids is 1. The van der Waals surface area contributed by atoms with Crippen molar-refractivity contribution in [1.82, 2.24) is 15.1 Å². The zero-order valence-electron chi connectivity index (χ0n) is 15.5. The van der Waals surface area contributed by atoms with Gasteiger partial charge in [-0.3, -0.25) is 9.69 Å². The Kier molecular flexibility index (Phi) is 5.40. The third-order valence-corrected chi connectivity index (χ3v) is 6.25. The lowest BCUT2D eigenvalue weighted by molar-refractivity contribution is 0.0985. The average Bonchev–Trinajstić information content (AvgIpc) is 3.33. The van der Waals surface area contributed by atoms with Crippen molar-refractivity contribution < 1.29 is 9.32 Å². The normalized spacial score (nSPS) is 11.1. The minimum atomic E-state index is -0.0612. The topological polar surface area (TPSA) is 72.1 Å². The number of nitrogens with zero attached hydrogens (tertiary/aromatic N) is 4. The van der Waals surface area contributed by atoms with Gasteiger partial charge in [0.05, 0.1) is 21.5 Å². The third kappa shape index (κ3) is 3.79. The lowest BCUT2D eigenvalue weighted by Gasteiger charge is -2.19. The number of hydrogen-bond acceptors (Lipinski definition) is 7. The van der Waals surface area contributed by atoms with Crippen LogP contribution in [0.25, 0.3) is 10.2 Å². The van der Waals surface area contributed by atoms with E-state index in [0.717, 1.165) is 15.1 Å². The number of anilines is 1. The fourth-order valence-corrected chi connectivity index (χ4v) is 4.71. The van der Waals surface area contributed by atoms with E-state index in [1.165, 1.54) is 23.1 Å². The maximum absolute atomic E-state index is 13.3. The van der Waals surface area contributed by atoms with Crippen LogP contribution in [0, 0.1) is 6.92 Å². The molecule has 0 fully saturated rings. The molecule has 0 aliphatic rings. The van der Waals surface area contributed by atoms with Crippen molar-refractivity contribution in [3.05, 3.63) is 65.8 Å². The van der Waals surface area contributed by atoms with Gasteiger partial charge in [-0.1, -0.05) is 40.8 Å². The Morgan fingerprint density at radius 3 is 2.68 bits per heavy atom. The van der Waals surface area contributed by atoms with Crippen LogP contribution in [0.1, 0.15) is 29.0 Å². The first-order chi connectivity index (χ1) is 13.7. The zero-order chi connectivity index (χ0) is 19.5. The van der Waals surface area contributed by atoms with Crippen molar-refractivity contribution >= 4 is 44.4 Å². The fraction of sp³-hybridized carbons (Fsp3) is 0.200. The molecule has 0 unspecified atom stereocenters. The van der Waals surface area contributed by atoms with E-state index in [0.29, 0.717) is 34.7 Å². The lowest BCUT2D eigenvalue weighted by Crippen LogP contribution is -2.30. The monoisotopic (exact) mass is 410 g/mol. The van der Waals surface area contributed by atoms with Gasteiger partial charge in [0.15, 0.2) is 11.0 Å². The number of hydrogen-bond donors (Lipinski definition) is 0. The van der Waals surface area contributed by atoms with Crippen LogP contribution in [0.5, 0.6) is 0 Å². The van der Waals surface area contributed by atoms with Crippen LogP contribution in [-0.4, -0.2) is 27.6 Å². The SMILES string of the molecule is CCN(C(=O)c1ccccc1SCc1noc(C)n1)c1nc2ccccc2s1. The van der Waals surface area contributed by atoms with Gasteiger partial charge < -0.3 is 4.52 Å². The molecule has 0 aliphatic heterocycles. The fourth-order valence-electron chi connectivity index (χ4n) is 2.80. The standard InChI is InChI=1S/C20H18N4O2S2/c1-3-24(20-22-15-9-5-7-11-17(15)28-20)19(25)14-8-4-6-10-16(14)27-12-18-21-13(2)26-23-18/h4-11H,3,12H2,1-2H3. The molecule has 0 atom stereocenters. The van der Waals surface area contributed by atoms with Crippen molar-refractivity contribution in [3.8, 4) is 0 Å². The molecule has 1 amide bonds. The van der Waals surface area contributed by atoms with E-state index in [2.05, 4.69) is 15.1 Å². The Morgan fingerprint density at radius 1 is 1.14 bits per heavy atom. The van der Waals surface area contributed by atoms with Gasteiger partial charge >= 0.3 is 0 Å². The summed E-state index contributed by atoms with van der Waals surface area (Å²) in [6.07, 6.45) is 0. The molecule has 0 spiro atoms. The molecule has 6 nitrogen and oxygen atoms in total. The number of carbonyl (C=O) groups is 1. The van der Waals surface area contributed by atoms with Gasteiger partial charge in [-0.2, -0.15) is 4.98 Å². The highest BCUT2D eigenvalue weighted by Gasteiger charge is 2.22. The summed E-state index contributed by atoms with van der Waals surface area (Å²) in [6.45, 7) is 4.26. The molecule has 0 saturated carbocycles. The molecule has 0 radical (unpaired) electrons. The molecule has 0 saturated heterocycles. The third-order valence-electron chi connectivity index (χ3n) is 4.12. The predicted octanol–water partition coefficient (Wildman–Crippen LogP) is 4.95. The lowest BCUT2D eigenvalue weighted by atomic mass is 10.2. The quantitative estimate of drug-likeness (QED) is 0.419. The molecule has 0 bridgehead atoms. The molecule has 2 aromatic heterocycles. The summed E-state index contributed by atoms with van der Waals surface area (Å²) >= 11 is 3.05. The second-order valence-corrected chi connectivity index (χ2v) is 8.05. The average molecular weight is 411 g/mol. The summed E-state index contributed by atoms with van der Waals surface area (Å²) in [4.78, 5) is 24.8. The first-order valence-electron chi connectivity index (χ1n) is 8.84. The summed E-state index contributed by atoms with van der Waals surface area (Å²) in [7, 11) is 0. The maximum atomic E-state index is 13.3. The number of aromatic nitrogens is 3. The van der Waals surface area contributed by atoms with Crippen LogP contribution in [-0.2, 0) is 5.75 Å². The first-order valence-corrected chi connectivity index (χ1v) is 10.6. The molecule has 0 aliphatic carbocycles. The number of benzene rings is 2. The van der Waals surface area contributed by atoms with Crippen LogP contribution < -0.4 is 4.90 Å². The Hall–Kier alpha value is -2.71. The number of thiazole rings is 1. The summed E-state index contributed by atoms with van der Waals surface area (Å²) < 4.78 is 6.08. The molecule has 28 heavy (non-hydrogen) atoms. The predicted molar refractivity (Wildman–Crippen MR) is 112 cm³/mol. The molecule has 4 rings (SSSR count). The van der Waals surface area contributed by atoms with Gasteiger partial charge in [0, 0.05) is 18.4 Å². The number of fused-ring (bicyclic) bond motifs is 1. The van der Waals surface area contributed by atoms with Gasteiger partial charge in [-0.25, -0.2) is 4.98 Å². The Labute approximate surface area is 170 Å². The second kappa shape index (κ2) is 8.12. The van der Waals surface area contributed by atoms with Gasteiger partial charge in [0.25, 0.3) is 5.91 Å². The number of thioether (sulfide) groups is 1. The number of rotatable bonds is 6. The summed E-state index contributed by atoms with van der Waals surface area (Å²) in [5, 5.41) is 4.63. The van der Waals surface area contributed by atoms with Crippen LogP contribution in [0.2, 0.25) is 0 Å². The minimum absolute atomic E-state index is 0.0612. The van der Waals surface area contributed by atoms with E-state index in [1.807, 2.05) is 55.5 Å². The highest BCUT2D eigenvalue weighted by atomic mass is 32.2. The van der Waals surface area contributed by atoms with Gasteiger partial charge in [0.2, 0.25) is 5.89 Å². The van der Waals surface area contributed by atoms with E-state index in [-0.39, 0.29) is 5.91 Å². The van der Waals surface area contributed by atoms with E-state index in [4.69, 9.17) is 4.52 Å². The van der Waals surface area contributed by atoms with Crippen LogP contribution in [0.4, 0.5) is 5.13 Å². The number of para-hydroxylation sites is 1. The van der Waals surface area contributed by atoms with Crippen LogP contribution in [0.3, 0.4) is 0 Å². The summed E-state index contributed by atoms with van der Waals surface area (Å²) in [6, 6.07) is 15.5. The van der Waals surface area contributed by atoms with Gasteiger partial charge in [-0.05, 0) is 31.2 Å². The molecule has 2 aromatic carbocycles. The second-order valence-electron chi connectivity index (χ2n) is 6.03. The Balaban J connectivity index is 1.60. The van der Waals surface area contributed by atoms with Crippen molar-refractivity contribution in [2.24, 2.45) is 0 Å². The molecular weight excluding hydrogens is 392 g/mol. The molecule has 2 heterocycles. The minimum Gasteiger partial charge on any atom is -0.340 e. The summed E-state index contributed by atoms with van der Waals surface area (Å²) in [5.74, 6) is 1.62.